The summed E-state index contributed by atoms with van der Waals surface area (Å²) in [6, 6.07) is 6.05. The molecule has 0 saturated heterocycles. The SMILES string of the molecule is Cc1cc(-n2ccnc2C(C)C)ccc1N. The Morgan fingerprint density at radius 1 is 1.31 bits per heavy atom. The summed E-state index contributed by atoms with van der Waals surface area (Å²) in [5.74, 6) is 1.48. The second kappa shape index (κ2) is 4.00. The maximum absolute atomic E-state index is 5.82. The Morgan fingerprint density at radius 3 is 2.69 bits per heavy atom. The summed E-state index contributed by atoms with van der Waals surface area (Å²) in [4.78, 5) is 4.38. The van der Waals surface area contributed by atoms with Crippen LogP contribution in [-0.2, 0) is 0 Å². The molecule has 84 valence electrons. The molecule has 3 heteroatoms. The monoisotopic (exact) mass is 215 g/mol. The van der Waals surface area contributed by atoms with Crippen LogP contribution in [0.5, 0.6) is 0 Å². The third-order valence-corrected chi connectivity index (χ3v) is 2.72. The molecular formula is C13H17N3. The first-order chi connectivity index (χ1) is 7.59. The normalized spacial score (nSPS) is 11.0. The van der Waals surface area contributed by atoms with E-state index in [0.717, 1.165) is 22.8 Å². The van der Waals surface area contributed by atoms with Crippen molar-refractivity contribution in [1.82, 2.24) is 9.55 Å². The maximum Gasteiger partial charge on any atom is 0.115 e. The number of imidazole rings is 1. The van der Waals surface area contributed by atoms with Gasteiger partial charge in [-0.2, -0.15) is 0 Å². The lowest BCUT2D eigenvalue weighted by Gasteiger charge is -2.11. The third-order valence-electron chi connectivity index (χ3n) is 2.72. The van der Waals surface area contributed by atoms with Gasteiger partial charge in [0.15, 0.2) is 0 Å². The summed E-state index contributed by atoms with van der Waals surface area (Å²) in [5, 5.41) is 0. The summed E-state index contributed by atoms with van der Waals surface area (Å²) in [7, 11) is 0. The number of hydrogen-bond acceptors (Lipinski definition) is 2. The number of anilines is 1. The molecule has 0 aliphatic heterocycles. The van der Waals surface area contributed by atoms with E-state index in [9.17, 15) is 0 Å². The van der Waals surface area contributed by atoms with Crippen LogP contribution in [0.4, 0.5) is 5.69 Å². The van der Waals surface area contributed by atoms with Crippen molar-refractivity contribution < 1.29 is 0 Å². The highest BCUT2D eigenvalue weighted by Gasteiger charge is 2.08. The Morgan fingerprint density at radius 2 is 2.06 bits per heavy atom. The summed E-state index contributed by atoms with van der Waals surface area (Å²) in [5.41, 5.74) is 8.86. The number of aromatic nitrogens is 2. The molecule has 0 atom stereocenters. The maximum atomic E-state index is 5.82. The van der Waals surface area contributed by atoms with Gasteiger partial charge in [-0.05, 0) is 30.7 Å². The van der Waals surface area contributed by atoms with E-state index in [0.29, 0.717) is 5.92 Å². The van der Waals surface area contributed by atoms with Gasteiger partial charge in [-0.1, -0.05) is 13.8 Å². The summed E-state index contributed by atoms with van der Waals surface area (Å²) in [6.07, 6.45) is 3.82. The molecule has 2 rings (SSSR count). The average molecular weight is 215 g/mol. The van der Waals surface area contributed by atoms with E-state index >= 15 is 0 Å². The van der Waals surface area contributed by atoms with Gasteiger partial charge in [-0.15, -0.1) is 0 Å². The zero-order chi connectivity index (χ0) is 11.7. The summed E-state index contributed by atoms with van der Waals surface area (Å²) in [6.45, 7) is 6.30. The first-order valence-electron chi connectivity index (χ1n) is 5.49. The van der Waals surface area contributed by atoms with Crippen LogP contribution in [0.1, 0.15) is 31.2 Å². The lowest BCUT2D eigenvalue weighted by atomic mass is 10.1. The molecule has 0 unspecified atom stereocenters. The van der Waals surface area contributed by atoms with E-state index in [2.05, 4.69) is 29.5 Å². The topological polar surface area (TPSA) is 43.8 Å². The molecule has 1 heterocycles. The van der Waals surface area contributed by atoms with Gasteiger partial charge in [0, 0.05) is 29.7 Å². The van der Waals surface area contributed by atoms with E-state index in [4.69, 9.17) is 5.73 Å². The quantitative estimate of drug-likeness (QED) is 0.783. The molecule has 0 fully saturated rings. The molecule has 2 aromatic rings. The van der Waals surface area contributed by atoms with Crippen LogP contribution >= 0.6 is 0 Å². The molecule has 0 saturated carbocycles. The Kier molecular flexibility index (Phi) is 2.69. The highest BCUT2D eigenvalue weighted by molar-refractivity contribution is 5.52. The number of benzene rings is 1. The Hall–Kier alpha value is -1.77. The molecule has 0 aliphatic carbocycles. The van der Waals surface area contributed by atoms with Crippen molar-refractivity contribution in [2.45, 2.75) is 26.7 Å². The highest BCUT2D eigenvalue weighted by Crippen LogP contribution is 2.20. The Labute approximate surface area is 95.9 Å². The smallest absolute Gasteiger partial charge is 0.115 e. The minimum atomic E-state index is 0.410. The fourth-order valence-electron chi connectivity index (χ4n) is 1.77. The van der Waals surface area contributed by atoms with Crippen LogP contribution in [-0.4, -0.2) is 9.55 Å². The molecule has 1 aromatic heterocycles. The lowest BCUT2D eigenvalue weighted by molar-refractivity contribution is 0.752. The van der Waals surface area contributed by atoms with Gasteiger partial charge in [0.05, 0.1) is 0 Å². The zero-order valence-corrected chi connectivity index (χ0v) is 9.94. The van der Waals surface area contributed by atoms with Crippen LogP contribution in [0.3, 0.4) is 0 Å². The summed E-state index contributed by atoms with van der Waals surface area (Å²) >= 11 is 0. The van der Waals surface area contributed by atoms with E-state index in [1.165, 1.54) is 0 Å². The van der Waals surface area contributed by atoms with Gasteiger partial charge in [0.25, 0.3) is 0 Å². The van der Waals surface area contributed by atoms with E-state index in [1.807, 2.05) is 31.5 Å². The van der Waals surface area contributed by atoms with Crippen molar-refractivity contribution in [3.05, 3.63) is 42.0 Å². The van der Waals surface area contributed by atoms with E-state index in [-0.39, 0.29) is 0 Å². The number of hydrogen-bond donors (Lipinski definition) is 1. The minimum Gasteiger partial charge on any atom is -0.399 e. The van der Waals surface area contributed by atoms with Crippen molar-refractivity contribution in [2.75, 3.05) is 5.73 Å². The predicted octanol–water partition coefficient (Wildman–Crippen LogP) is 2.89. The third kappa shape index (κ3) is 1.81. The second-order valence-electron chi connectivity index (χ2n) is 4.35. The molecule has 0 aliphatic rings. The van der Waals surface area contributed by atoms with Gasteiger partial charge in [-0.25, -0.2) is 4.98 Å². The minimum absolute atomic E-state index is 0.410. The molecule has 2 N–H and O–H groups in total. The molecule has 0 spiro atoms. The highest BCUT2D eigenvalue weighted by atomic mass is 15.1. The van der Waals surface area contributed by atoms with Crippen molar-refractivity contribution in [1.29, 1.82) is 0 Å². The van der Waals surface area contributed by atoms with Crippen LogP contribution in [0.2, 0.25) is 0 Å². The lowest BCUT2D eigenvalue weighted by Crippen LogP contribution is -2.03. The molecule has 0 radical (unpaired) electrons. The number of nitrogens with zero attached hydrogens (tertiary/aromatic N) is 2. The van der Waals surface area contributed by atoms with Crippen molar-refractivity contribution in [3.8, 4) is 5.69 Å². The molecule has 0 amide bonds. The number of nitrogens with two attached hydrogens (primary N) is 1. The largest absolute Gasteiger partial charge is 0.399 e. The van der Waals surface area contributed by atoms with Crippen LogP contribution in [0.25, 0.3) is 5.69 Å². The number of rotatable bonds is 2. The molecule has 0 bridgehead atoms. The van der Waals surface area contributed by atoms with Gasteiger partial charge in [0.1, 0.15) is 5.82 Å². The van der Waals surface area contributed by atoms with Gasteiger partial charge >= 0.3 is 0 Å². The molecule has 1 aromatic carbocycles. The Bertz CT molecular complexity index is 498. The standard InChI is InChI=1S/C13H17N3/c1-9(2)13-15-6-7-16(13)11-4-5-12(14)10(3)8-11/h4-9H,14H2,1-3H3. The van der Waals surface area contributed by atoms with E-state index < -0.39 is 0 Å². The van der Waals surface area contributed by atoms with Crippen LogP contribution in [0.15, 0.2) is 30.6 Å². The zero-order valence-electron chi connectivity index (χ0n) is 9.94. The number of aryl methyl sites for hydroxylation is 1. The fourth-order valence-corrected chi connectivity index (χ4v) is 1.77. The van der Waals surface area contributed by atoms with Crippen molar-refractivity contribution in [2.24, 2.45) is 0 Å². The molecular weight excluding hydrogens is 198 g/mol. The van der Waals surface area contributed by atoms with Crippen molar-refractivity contribution in [3.63, 3.8) is 0 Å². The van der Waals surface area contributed by atoms with Gasteiger partial charge < -0.3 is 10.3 Å². The van der Waals surface area contributed by atoms with Crippen LogP contribution in [0, 0.1) is 6.92 Å². The first-order valence-corrected chi connectivity index (χ1v) is 5.49. The Balaban J connectivity index is 2.50. The first kappa shape index (κ1) is 10.7. The number of nitrogen functional groups attached to an aromatic ring is 1. The average Bonchev–Trinajstić information content (AvgIpc) is 2.71. The van der Waals surface area contributed by atoms with Gasteiger partial charge in [0.2, 0.25) is 0 Å². The molecule has 3 nitrogen and oxygen atoms in total. The summed E-state index contributed by atoms with van der Waals surface area (Å²) < 4.78 is 2.11. The van der Waals surface area contributed by atoms with Gasteiger partial charge in [-0.3, -0.25) is 0 Å². The predicted molar refractivity (Wildman–Crippen MR) is 66.8 cm³/mol. The fraction of sp³-hybridized carbons (Fsp3) is 0.308. The van der Waals surface area contributed by atoms with E-state index in [1.54, 1.807) is 0 Å². The second-order valence-corrected chi connectivity index (χ2v) is 4.35. The molecule has 16 heavy (non-hydrogen) atoms. The van der Waals surface area contributed by atoms with Crippen molar-refractivity contribution >= 4 is 5.69 Å². The van der Waals surface area contributed by atoms with Crippen LogP contribution < -0.4 is 5.73 Å².